The molecule has 0 radical (unpaired) electrons. The third-order valence-corrected chi connectivity index (χ3v) is 10.5. The third-order valence-electron chi connectivity index (χ3n) is 10.5. The van der Waals surface area contributed by atoms with Gasteiger partial charge in [-0.1, -0.05) is 52.2 Å². The summed E-state index contributed by atoms with van der Waals surface area (Å²) in [6.45, 7) is 10.2. The molecule has 0 unspecified atom stereocenters. The largest absolute Gasteiger partial charge is 0.396 e. The molecule has 4 aliphatic rings. The van der Waals surface area contributed by atoms with Gasteiger partial charge in [-0.2, -0.15) is 0 Å². The third kappa shape index (κ3) is 3.75. The second-order valence-electron chi connectivity index (χ2n) is 12.1. The topological polar surface area (TPSA) is 40.5 Å². The van der Waals surface area contributed by atoms with E-state index >= 15 is 0 Å². The Morgan fingerprint density at radius 2 is 1.83 bits per heavy atom. The molecule has 0 aromatic carbocycles. The van der Waals surface area contributed by atoms with Gasteiger partial charge in [0.1, 0.15) is 0 Å². The lowest BCUT2D eigenvalue weighted by atomic mass is 9.47. The molecule has 0 aromatic rings. The van der Waals surface area contributed by atoms with E-state index in [4.69, 9.17) is 0 Å². The smallest absolute Gasteiger partial charge is 0.0577 e. The quantitative estimate of drug-likeness (QED) is 0.507. The minimum atomic E-state index is -0.0926. The first kappa shape index (κ1) is 21.9. The monoisotopic (exact) mass is 402 g/mol. The van der Waals surface area contributed by atoms with Crippen LogP contribution in [-0.2, 0) is 0 Å². The van der Waals surface area contributed by atoms with Crippen molar-refractivity contribution < 1.29 is 10.2 Å². The van der Waals surface area contributed by atoms with E-state index in [1.54, 1.807) is 5.57 Å². The first-order valence-electron chi connectivity index (χ1n) is 12.8. The summed E-state index contributed by atoms with van der Waals surface area (Å²) in [7, 11) is 0. The van der Waals surface area contributed by atoms with E-state index in [1.807, 2.05) is 0 Å². The van der Waals surface area contributed by atoms with Gasteiger partial charge >= 0.3 is 0 Å². The van der Waals surface area contributed by atoms with Gasteiger partial charge in [-0.05, 0) is 104 Å². The van der Waals surface area contributed by atoms with Crippen molar-refractivity contribution >= 4 is 0 Å². The number of aliphatic hydroxyl groups is 2. The second kappa shape index (κ2) is 8.30. The minimum Gasteiger partial charge on any atom is -0.396 e. The van der Waals surface area contributed by atoms with Crippen LogP contribution >= 0.6 is 0 Å². The van der Waals surface area contributed by atoms with Crippen molar-refractivity contribution in [2.24, 2.45) is 46.3 Å². The lowest BCUT2D eigenvalue weighted by Gasteiger charge is -2.58. The number of aliphatic hydroxyl groups excluding tert-OH is 2. The Labute approximate surface area is 179 Å². The Bertz CT molecular complexity index is 612. The van der Waals surface area contributed by atoms with Crippen molar-refractivity contribution in [3.8, 4) is 0 Å². The van der Waals surface area contributed by atoms with Crippen LogP contribution in [0, 0.1) is 46.3 Å². The molecule has 2 heteroatoms. The Morgan fingerprint density at radius 3 is 2.59 bits per heavy atom. The molecule has 0 saturated heterocycles. The number of fused-ring (bicyclic) bond motifs is 5. The fourth-order valence-electron chi connectivity index (χ4n) is 8.70. The normalized spacial score (nSPS) is 46.3. The highest BCUT2D eigenvalue weighted by Gasteiger charge is 2.59. The molecule has 4 aliphatic carbocycles. The Morgan fingerprint density at radius 1 is 1.03 bits per heavy atom. The number of hydrogen-bond acceptors (Lipinski definition) is 2. The average molecular weight is 403 g/mol. The zero-order valence-electron chi connectivity index (χ0n) is 19.5. The summed E-state index contributed by atoms with van der Waals surface area (Å²) in [5.74, 6) is 4.82. The van der Waals surface area contributed by atoms with Crippen LogP contribution in [-0.4, -0.2) is 22.9 Å². The van der Waals surface area contributed by atoms with Gasteiger partial charge in [0, 0.05) is 6.61 Å². The van der Waals surface area contributed by atoms with Gasteiger partial charge in [-0.25, -0.2) is 0 Å². The van der Waals surface area contributed by atoms with Crippen LogP contribution in [0.25, 0.3) is 0 Å². The molecule has 0 aromatic heterocycles. The molecular formula is C27H46O2. The van der Waals surface area contributed by atoms with E-state index in [-0.39, 0.29) is 6.10 Å². The maximum Gasteiger partial charge on any atom is 0.0577 e. The van der Waals surface area contributed by atoms with E-state index in [0.29, 0.717) is 23.4 Å². The summed E-state index contributed by atoms with van der Waals surface area (Å²) >= 11 is 0. The van der Waals surface area contributed by atoms with Crippen LogP contribution in [0.2, 0.25) is 0 Å². The molecule has 0 heterocycles. The van der Waals surface area contributed by atoms with E-state index < -0.39 is 0 Å². The van der Waals surface area contributed by atoms with Gasteiger partial charge in [0.15, 0.2) is 0 Å². The molecule has 0 aliphatic heterocycles. The molecule has 9 atom stereocenters. The predicted octanol–water partition coefficient (Wildman–Crippen LogP) is 6.36. The number of rotatable bonds is 6. The zero-order valence-corrected chi connectivity index (χ0v) is 19.5. The van der Waals surface area contributed by atoms with E-state index in [2.05, 4.69) is 33.8 Å². The molecule has 166 valence electrons. The lowest BCUT2D eigenvalue weighted by molar-refractivity contribution is -0.0573. The van der Waals surface area contributed by atoms with Gasteiger partial charge in [0.2, 0.25) is 0 Å². The molecule has 29 heavy (non-hydrogen) atoms. The van der Waals surface area contributed by atoms with Crippen LogP contribution in [0.4, 0.5) is 0 Å². The average Bonchev–Trinajstić information content (AvgIpc) is 3.05. The van der Waals surface area contributed by atoms with Gasteiger partial charge in [-0.3, -0.25) is 0 Å². The van der Waals surface area contributed by atoms with E-state index in [1.165, 1.54) is 57.8 Å². The molecular weight excluding hydrogens is 356 g/mol. The lowest BCUT2D eigenvalue weighted by Crippen LogP contribution is -2.50. The van der Waals surface area contributed by atoms with E-state index in [0.717, 1.165) is 42.4 Å². The van der Waals surface area contributed by atoms with Crippen molar-refractivity contribution in [3.05, 3.63) is 11.6 Å². The molecule has 3 fully saturated rings. The molecule has 0 amide bonds. The van der Waals surface area contributed by atoms with Crippen LogP contribution in [0.15, 0.2) is 11.6 Å². The fourth-order valence-corrected chi connectivity index (χ4v) is 8.70. The van der Waals surface area contributed by atoms with Crippen molar-refractivity contribution in [2.45, 2.75) is 104 Å². The van der Waals surface area contributed by atoms with Crippen LogP contribution in [0.1, 0.15) is 98.3 Å². The summed E-state index contributed by atoms with van der Waals surface area (Å²) in [6, 6.07) is 0. The van der Waals surface area contributed by atoms with E-state index in [9.17, 15) is 10.2 Å². The summed E-state index contributed by atoms with van der Waals surface area (Å²) in [5.41, 5.74) is 2.51. The van der Waals surface area contributed by atoms with Crippen LogP contribution < -0.4 is 0 Å². The minimum absolute atomic E-state index is 0.0926. The summed E-state index contributed by atoms with van der Waals surface area (Å²) in [4.78, 5) is 0. The Balaban J connectivity index is 1.46. The molecule has 0 bridgehead atoms. The Hall–Kier alpha value is -0.340. The first-order chi connectivity index (χ1) is 13.8. The van der Waals surface area contributed by atoms with Crippen molar-refractivity contribution in [3.63, 3.8) is 0 Å². The van der Waals surface area contributed by atoms with Crippen molar-refractivity contribution in [1.82, 2.24) is 0 Å². The molecule has 4 rings (SSSR count). The highest BCUT2D eigenvalue weighted by Crippen LogP contribution is 2.67. The summed E-state index contributed by atoms with van der Waals surface area (Å²) in [5, 5.41) is 19.5. The van der Waals surface area contributed by atoms with Gasteiger partial charge < -0.3 is 10.2 Å². The van der Waals surface area contributed by atoms with Crippen LogP contribution in [0.3, 0.4) is 0 Å². The van der Waals surface area contributed by atoms with Gasteiger partial charge in [-0.15, -0.1) is 0 Å². The predicted molar refractivity (Wildman–Crippen MR) is 120 cm³/mol. The van der Waals surface area contributed by atoms with Crippen molar-refractivity contribution in [1.29, 1.82) is 0 Å². The first-order valence-corrected chi connectivity index (χ1v) is 12.8. The SMILES string of the molecule is C[C@@H](CO)CCC[C@H](C)[C@H]1CC[C@@H]2[C@@H]3CC=C4C[C@@H](O)CC[C@]4(C)[C@@H]3CC[C@@]21C. The summed E-state index contributed by atoms with van der Waals surface area (Å²) < 4.78 is 0. The Kier molecular flexibility index (Phi) is 6.26. The maximum atomic E-state index is 10.2. The molecule has 0 spiro atoms. The van der Waals surface area contributed by atoms with Gasteiger partial charge in [0.25, 0.3) is 0 Å². The number of hydrogen-bond donors (Lipinski definition) is 2. The molecule has 3 saturated carbocycles. The standard InChI is InChI=1S/C27H46O2/c1-18(17-28)6-5-7-19(2)23-10-11-24-22-9-8-20-16-21(29)12-14-26(20,3)25(22)13-15-27(23,24)4/h8,18-19,21-25,28-29H,5-7,9-17H2,1-4H3/t18-,19+,21+,22+,23-,24-,25-,26+,27-/m1/s1. The fraction of sp³-hybridized carbons (Fsp3) is 0.926. The van der Waals surface area contributed by atoms with Gasteiger partial charge in [0.05, 0.1) is 6.10 Å². The maximum absolute atomic E-state index is 10.2. The van der Waals surface area contributed by atoms with Crippen LogP contribution in [0.5, 0.6) is 0 Å². The zero-order chi connectivity index (χ0) is 20.8. The highest BCUT2D eigenvalue weighted by molar-refractivity contribution is 5.25. The number of allylic oxidation sites excluding steroid dienone is 1. The molecule has 2 nitrogen and oxygen atoms in total. The summed E-state index contributed by atoms with van der Waals surface area (Å²) in [6.07, 6.45) is 16.4. The second-order valence-corrected chi connectivity index (χ2v) is 12.1. The molecule has 2 N–H and O–H groups in total. The highest BCUT2D eigenvalue weighted by atomic mass is 16.3. The van der Waals surface area contributed by atoms with Crippen molar-refractivity contribution in [2.75, 3.05) is 6.61 Å².